The van der Waals surface area contributed by atoms with Crippen LogP contribution in [0.1, 0.15) is 33.1 Å². The van der Waals surface area contributed by atoms with E-state index in [0.29, 0.717) is 6.42 Å². The second kappa shape index (κ2) is 5.54. The van der Waals surface area contributed by atoms with Gasteiger partial charge in [-0.1, -0.05) is 12.2 Å². The van der Waals surface area contributed by atoms with E-state index in [9.17, 15) is 4.79 Å². The zero-order chi connectivity index (χ0) is 9.56. The zero-order valence-corrected chi connectivity index (χ0v) is 7.76. The van der Waals surface area contributed by atoms with Gasteiger partial charge in [-0.3, -0.25) is 0 Å². The summed E-state index contributed by atoms with van der Waals surface area (Å²) in [5.41, 5.74) is 0.890. The molecule has 0 aliphatic carbocycles. The molecule has 0 amide bonds. The van der Waals surface area contributed by atoms with Crippen molar-refractivity contribution in [3.05, 3.63) is 12.2 Å². The molecule has 0 rings (SSSR count). The lowest BCUT2D eigenvalue weighted by Gasteiger charge is -2.06. The van der Waals surface area contributed by atoms with Crippen molar-refractivity contribution in [1.29, 1.82) is 5.26 Å². The maximum absolute atomic E-state index is 10.6. The number of nitrogens with zero attached hydrogens (tertiary/aromatic N) is 1. The number of nitriles is 1. The second-order valence-corrected chi connectivity index (χ2v) is 3.12. The van der Waals surface area contributed by atoms with Gasteiger partial charge in [0.2, 0.25) is 0 Å². The van der Waals surface area contributed by atoms with Crippen molar-refractivity contribution >= 4 is 5.78 Å². The van der Waals surface area contributed by atoms with Crippen LogP contribution >= 0.6 is 0 Å². The van der Waals surface area contributed by atoms with E-state index >= 15 is 0 Å². The van der Waals surface area contributed by atoms with Crippen LogP contribution in [-0.4, -0.2) is 5.78 Å². The maximum atomic E-state index is 10.6. The van der Waals surface area contributed by atoms with Crippen LogP contribution in [0.4, 0.5) is 0 Å². The van der Waals surface area contributed by atoms with Crippen molar-refractivity contribution in [2.75, 3.05) is 0 Å². The second-order valence-electron chi connectivity index (χ2n) is 3.12. The first-order valence-electron chi connectivity index (χ1n) is 4.12. The number of Topliss-reactive ketones (excluding diaryl/α,β-unsaturated/α-hetero) is 1. The lowest BCUT2D eigenvalue weighted by Crippen LogP contribution is -1.99. The summed E-state index contributed by atoms with van der Waals surface area (Å²) >= 11 is 0. The largest absolute Gasteiger partial charge is 0.300 e. The third-order valence-corrected chi connectivity index (χ3v) is 1.77. The lowest BCUT2D eigenvalue weighted by molar-refractivity contribution is -0.117. The van der Waals surface area contributed by atoms with Crippen LogP contribution in [0, 0.1) is 17.2 Å². The van der Waals surface area contributed by atoms with Gasteiger partial charge in [-0.15, -0.1) is 0 Å². The average molecular weight is 165 g/mol. The molecular formula is C10H15NO. The number of rotatable bonds is 5. The predicted molar refractivity (Wildman–Crippen MR) is 48.4 cm³/mol. The number of allylic oxidation sites excluding steroid dienone is 1. The Morgan fingerprint density at radius 1 is 1.58 bits per heavy atom. The highest BCUT2D eigenvalue weighted by atomic mass is 16.1. The van der Waals surface area contributed by atoms with Gasteiger partial charge in [-0.25, -0.2) is 0 Å². The minimum absolute atomic E-state index is 0.0793. The normalized spacial score (nSPS) is 11.8. The standard InChI is InChI=1S/C10H15NO/c1-8(2)10(7-11)6-4-5-9(3)12/h10H,1,4-6H2,2-3H3. The van der Waals surface area contributed by atoms with E-state index in [1.807, 2.05) is 6.92 Å². The molecule has 1 unspecified atom stereocenters. The Hall–Kier alpha value is -1.10. The maximum Gasteiger partial charge on any atom is 0.129 e. The quantitative estimate of drug-likeness (QED) is 0.587. The Labute approximate surface area is 73.9 Å². The van der Waals surface area contributed by atoms with Gasteiger partial charge in [0.1, 0.15) is 5.78 Å². The first kappa shape index (κ1) is 10.9. The molecule has 12 heavy (non-hydrogen) atoms. The predicted octanol–water partition coefficient (Wildman–Crippen LogP) is 2.46. The summed E-state index contributed by atoms with van der Waals surface area (Å²) in [7, 11) is 0. The highest BCUT2D eigenvalue weighted by molar-refractivity contribution is 5.75. The summed E-state index contributed by atoms with van der Waals surface area (Å²) in [5.74, 6) is 0.109. The Morgan fingerprint density at radius 3 is 2.50 bits per heavy atom. The first-order chi connectivity index (χ1) is 5.57. The van der Waals surface area contributed by atoms with E-state index in [4.69, 9.17) is 5.26 Å². The SMILES string of the molecule is C=C(C)C(C#N)CCCC(C)=O. The summed E-state index contributed by atoms with van der Waals surface area (Å²) in [4.78, 5) is 10.6. The van der Waals surface area contributed by atoms with E-state index in [1.54, 1.807) is 6.92 Å². The Bertz CT molecular complexity index is 212. The number of carbonyl (C=O) groups is 1. The fourth-order valence-electron chi connectivity index (χ4n) is 0.976. The lowest BCUT2D eigenvalue weighted by atomic mass is 9.97. The number of ketones is 1. The molecule has 66 valence electrons. The van der Waals surface area contributed by atoms with Crippen molar-refractivity contribution in [3.63, 3.8) is 0 Å². The van der Waals surface area contributed by atoms with E-state index < -0.39 is 0 Å². The highest BCUT2D eigenvalue weighted by Crippen LogP contribution is 2.14. The number of carbonyl (C=O) groups excluding carboxylic acids is 1. The minimum atomic E-state index is -0.0793. The van der Waals surface area contributed by atoms with E-state index in [1.165, 1.54) is 0 Å². The molecule has 0 radical (unpaired) electrons. The molecule has 0 N–H and O–H groups in total. The Kier molecular flexibility index (Phi) is 5.03. The summed E-state index contributed by atoms with van der Waals surface area (Å²) in [6, 6.07) is 2.16. The monoisotopic (exact) mass is 165 g/mol. The fourth-order valence-corrected chi connectivity index (χ4v) is 0.976. The van der Waals surface area contributed by atoms with Crippen molar-refractivity contribution in [2.45, 2.75) is 33.1 Å². The summed E-state index contributed by atoms with van der Waals surface area (Å²) in [6.45, 7) is 7.14. The van der Waals surface area contributed by atoms with Crippen molar-refractivity contribution in [2.24, 2.45) is 5.92 Å². The minimum Gasteiger partial charge on any atom is -0.300 e. The molecule has 0 saturated carbocycles. The zero-order valence-electron chi connectivity index (χ0n) is 7.76. The third kappa shape index (κ3) is 4.68. The average Bonchev–Trinajstić information content (AvgIpc) is 1.96. The molecule has 0 bridgehead atoms. The van der Waals surface area contributed by atoms with Gasteiger partial charge >= 0.3 is 0 Å². The molecule has 2 nitrogen and oxygen atoms in total. The summed E-state index contributed by atoms with van der Waals surface area (Å²) < 4.78 is 0. The van der Waals surface area contributed by atoms with E-state index in [2.05, 4.69) is 12.6 Å². The van der Waals surface area contributed by atoms with Crippen LogP contribution in [0.3, 0.4) is 0 Å². The molecule has 0 saturated heterocycles. The number of hydrogen-bond acceptors (Lipinski definition) is 2. The molecule has 0 aromatic rings. The van der Waals surface area contributed by atoms with Gasteiger partial charge in [0.05, 0.1) is 12.0 Å². The molecular weight excluding hydrogens is 150 g/mol. The molecule has 0 aliphatic rings. The fraction of sp³-hybridized carbons (Fsp3) is 0.600. The Balaban J connectivity index is 3.68. The van der Waals surface area contributed by atoms with Gasteiger partial charge in [0.25, 0.3) is 0 Å². The van der Waals surface area contributed by atoms with Crippen LogP contribution in [0.5, 0.6) is 0 Å². The van der Waals surface area contributed by atoms with E-state index in [0.717, 1.165) is 18.4 Å². The van der Waals surface area contributed by atoms with Gasteiger partial charge in [0, 0.05) is 6.42 Å². The molecule has 0 spiro atoms. The molecule has 0 heterocycles. The first-order valence-corrected chi connectivity index (χ1v) is 4.12. The van der Waals surface area contributed by atoms with Crippen LogP contribution in [0.15, 0.2) is 12.2 Å². The molecule has 1 atom stereocenters. The summed E-state index contributed by atoms with van der Waals surface area (Å²) in [5, 5.41) is 8.67. The number of hydrogen-bond donors (Lipinski definition) is 0. The molecule has 2 heteroatoms. The topological polar surface area (TPSA) is 40.9 Å². The van der Waals surface area contributed by atoms with Gasteiger partial charge in [-0.2, -0.15) is 5.26 Å². The van der Waals surface area contributed by atoms with Crippen LogP contribution in [0.25, 0.3) is 0 Å². The van der Waals surface area contributed by atoms with Crippen LogP contribution < -0.4 is 0 Å². The third-order valence-electron chi connectivity index (χ3n) is 1.77. The smallest absolute Gasteiger partial charge is 0.129 e. The van der Waals surface area contributed by atoms with Crippen molar-refractivity contribution in [3.8, 4) is 6.07 Å². The molecule has 0 aromatic carbocycles. The molecule has 0 fully saturated rings. The van der Waals surface area contributed by atoms with Crippen LogP contribution in [-0.2, 0) is 4.79 Å². The van der Waals surface area contributed by atoms with Crippen molar-refractivity contribution < 1.29 is 4.79 Å². The highest BCUT2D eigenvalue weighted by Gasteiger charge is 2.07. The van der Waals surface area contributed by atoms with E-state index in [-0.39, 0.29) is 11.7 Å². The van der Waals surface area contributed by atoms with Crippen molar-refractivity contribution in [1.82, 2.24) is 0 Å². The molecule has 0 aromatic heterocycles. The van der Waals surface area contributed by atoms with Gasteiger partial charge in [0.15, 0.2) is 0 Å². The molecule has 0 aliphatic heterocycles. The van der Waals surface area contributed by atoms with Gasteiger partial charge in [-0.05, 0) is 26.7 Å². The van der Waals surface area contributed by atoms with Crippen LogP contribution in [0.2, 0.25) is 0 Å². The Morgan fingerprint density at radius 2 is 2.17 bits per heavy atom. The summed E-state index contributed by atoms with van der Waals surface area (Å²) in [6.07, 6.45) is 2.12. The van der Waals surface area contributed by atoms with Gasteiger partial charge < -0.3 is 4.79 Å².